The number of hydrogen-bond donors (Lipinski definition) is 4. The smallest absolute Gasteiger partial charge is 1.00 e. The first-order valence-corrected chi connectivity index (χ1v) is 16.4. The zero-order valence-corrected chi connectivity index (χ0v) is 25.9. The van der Waals surface area contributed by atoms with Crippen molar-refractivity contribution >= 4 is 23.6 Å². The summed E-state index contributed by atoms with van der Waals surface area (Å²) in [5.74, 6) is -0.553. The summed E-state index contributed by atoms with van der Waals surface area (Å²) in [6.07, 6.45) is 0. The summed E-state index contributed by atoms with van der Waals surface area (Å²) in [5.41, 5.74) is 2.43. The van der Waals surface area contributed by atoms with Gasteiger partial charge in [0.2, 0.25) is 0 Å². The van der Waals surface area contributed by atoms with E-state index in [4.69, 9.17) is 0 Å². The summed E-state index contributed by atoms with van der Waals surface area (Å²) in [6.45, 7) is 0. The molecule has 0 saturated carbocycles. The summed E-state index contributed by atoms with van der Waals surface area (Å²) < 4.78 is 11.2. The van der Waals surface area contributed by atoms with Gasteiger partial charge in [0.1, 0.15) is 0 Å². The van der Waals surface area contributed by atoms with Gasteiger partial charge in [0.25, 0.3) is 0 Å². The van der Waals surface area contributed by atoms with E-state index in [-0.39, 0.29) is 33.0 Å². The van der Waals surface area contributed by atoms with Crippen molar-refractivity contribution in [2.24, 2.45) is 0 Å². The Bertz CT molecular complexity index is 1130. The van der Waals surface area contributed by atoms with Crippen LogP contribution >= 0.6 is 0 Å². The van der Waals surface area contributed by atoms with Gasteiger partial charge in [-0.15, -0.1) is 0 Å². The van der Waals surface area contributed by atoms with Crippen molar-refractivity contribution in [1.29, 1.82) is 0 Å². The topological polar surface area (TPSA) is 116 Å². The predicted octanol–water partition coefficient (Wildman–Crippen LogP) is -2.47. The largest absolute Gasteiger partial charge is 1.00 e. The van der Waals surface area contributed by atoms with E-state index in [0.29, 0.717) is 22.3 Å². The molecule has 0 aliphatic rings. The van der Waals surface area contributed by atoms with Gasteiger partial charge in [0.15, 0.2) is 0 Å². The Morgan fingerprint density at radius 3 is 0.700 bits per heavy atom. The van der Waals surface area contributed by atoms with Crippen LogP contribution in [-0.2, 0) is 47.6 Å². The number of carbonyl (C=O) groups is 4. The number of amides is 4. The first-order chi connectivity index (χ1) is 18.5. The second kappa shape index (κ2) is 19.4. The third-order valence-electron chi connectivity index (χ3n) is 4.85. The molecule has 4 amide bonds. The molecule has 0 radical (unpaired) electrons. The minimum absolute atomic E-state index is 0. The molecule has 40 heavy (non-hydrogen) atoms. The van der Waals surface area contributed by atoms with Gasteiger partial charge in [0.05, 0.1) is 0 Å². The van der Waals surface area contributed by atoms with Crippen LogP contribution in [0.15, 0.2) is 121 Å². The molecule has 0 unspecified atom stereocenters. The Morgan fingerprint density at radius 2 is 0.525 bits per heavy atom. The molecule has 4 N–H and O–H groups in total. The molecule has 0 atom stereocenters. The quantitative estimate of drug-likeness (QED) is 0.163. The third kappa shape index (κ3) is 12.1. The van der Waals surface area contributed by atoms with Crippen molar-refractivity contribution in [2.45, 2.75) is 0 Å². The van der Waals surface area contributed by atoms with Crippen molar-refractivity contribution in [3.63, 3.8) is 0 Å². The van der Waals surface area contributed by atoms with Gasteiger partial charge in [-0.3, -0.25) is 0 Å². The van der Waals surface area contributed by atoms with E-state index in [2.05, 4.69) is 13.0 Å². The second-order valence-corrected chi connectivity index (χ2v) is 11.2. The predicted molar refractivity (Wildman–Crippen MR) is 136 cm³/mol. The number of hydrogen-bond acceptors (Lipinski definition) is 4. The second-order valence-electron chi connectivity index (χ2n) is 7.53. The Kier molecular flexibility index (Phi) is 16.7. The molecule has 4 rings (SSSR count). The van der Waals surface area contributed by atoms with Gasteiger partial charge >= 0.3 is 247 Å². The molecule has 0 bridgehead atoms. The maximum absolute atomic E-state index is 11.7. The molecule has 4 aromatic carbocycles. The van der Waals surface area contributed by atoms with Gasteiger partial charge in [-0.1, -0.05) is 0 Å². The summed E-state index contributed by atoms with van der Waals surface area (Å²) in [4.78, 5) is 47.0. The summed E-state index contributed by atoms with van der Waals surface area (Å²) in [6, 6.07) is 35.8. The minimum Gasteiger partial charge on any atom is -1.00 e. The number of rotatable bonds is 8. The van der Waals surface area contributed by atoms with E-state index in [0.717, 1.165) is 0 Å². The molecule has 0 saturated heterocycles. The van der Waals surface area contributed by atoms with Crippen LogP contribution in [0, 0.1) is 0 Å². The Labute approximate surface area is 254 Å². The van der Waals surface area contributed by atoms with Crippen LogP contribution < -0.4 is 22.5 Å². The standard InChI is InChI=1S/4C7H7NO.2FH.2Zr/c4*8-7(9)6-4-2-1-3-5-6;;;;/h4*1-5H,(H2,8,9);2*1H;;/q;;;;;;2*+3/p-6. The van der Waals surface area contributed by atoms with E-state index in [1.807, 2.05) is 72.8 Å². The minimum atomic E-state index is -1.45. The maximum Gasteiger partial charge on any atom is -1.00 e. The van der Waals surface area contributed by atoms with Gasteiger partial charge in [-0.05, 0) is 0 Å². The zero-order chi connectivity index (χ0) is 27.0. The molecule has 0 fully saturated rings. The van der Waals surface area contributed by atoms with Gasteiger partial charge in [0, 0.05) is 0 Å². The molecule has 0 heterocycles. The normalized spacial score (nSPS) is 8.80. The van der Waals surface area contributed by atoms with Crippen LogP contribution in [0.25, 0.3) is 0 Å². The van der Waals surface area contributed by atoms with Crippen LogP contribution in [0.4, 0.5) is 0 Å². The van der Waals surface area contributed by atoms with Crippen molar-refractivity contribution in [3.8, 4) is 0 Å². The van der Waals surface area contributed by atoms with Crippen molar-refractivity contribution in [1.82, 2.24) is 13.0 Å². The SMILES string of the molecule is O=C([NH][Zr+][NH]C(=O)c1ccccc1)c1ccccc1.O=C([NH][Zr+][NH]C(=O)c1ccccc1)c1ccccc1.[F-].[F-]. The first kappa shape index (κ1) is 34.4. The molecular formula is C28H24F2N4O4Zr2. The molecular weight excluding hydrogens is 677 g/mol. The van der Waals surface area contributed by atoms with E-state index in [9.17, 15) is 19.2 Å². The fourth-order valence-corrected chi connectivity index (χ4v) is 5.78. The molecule has 0 aliphatic carbocycles. The van der Waals surface area contributed by atoms with Crippen molar-refractivity contribution in [2.75, 3.05) is 0 Å². The number of nitrogens with one attached hydrogen (secondary N) is 4. The number of carbonyl (C=O) groups excluding carboxylic acids is 4. The average Bonchev–Trinajstić information content (AvgIpc) is 2.99. The van der Waals surface area contributed by atoms with Crippen LogP contribution in [0.1, 0.15) is 41.4 Å². The zero-order valence-electron chi connectivity index (χ0n) is 20.9. The van der Waals surface area contributed by atoms with E-state index in [1.165, 1.54) is 0 Å². The summed E-state index contributed by atoms with van der Waals surface area (Å²) >= 11 is -2.91. The van der Waals surface area contributed by atoms with Crippen LogP contribution in [-0.4, -0.2) is 23.6 Å². The molecule has 0 aromatic heterocycles. The van der Waals surface area contributed by atoms with Crippen LogP contribution in [0.5, 0.6) is 0 Å². The number of halogens is 2. The number of benzene rings is 4. The van der Waals surface area contributed by atoms with E-state index < -0.39 is 47.6 Å². The van der Waals surface area contributed by atoms with Crippen LogP contribution in [0.2, 0.25) is 0 Å². The monoisotopic (exact) mass is 698 g/mol. The molecule has 0 spiro atoms. The van der Waals surface area contributed by atoms with Crippen LogP contribution in [0.3, 0.4) is 0 Å². The maximum atomic E-state index is 11.7. The fraction of sp³-hybridized carbons (Fsp3) is 0. The van der Waals surface area contributed by atoms with Gasteiger partial charge in [-0.25, -0.2) is 0 Å². The van der Waals surface area contributed by atoms with Crippen molar-refractivity contribution < 1.29 is 76.2 Å². The van der Waals surface area contributed by atoms with E-state index in [1.54, 1.807) is 48.5 Å². The fourth-order valence-electron chi connectivity index (χ4n) is 2.94. The molecule has 12 heteroatoms. The molecule has 0 aliphatic heterocycles. The third-order valence-corrected chi connectivity index (χ3v) is 8.31. The van der Waals surface area contributed by atoms with Gasteiger partial charge < -0.3 is 9.41 Å². The van der Waals surface area contributed by atoms with Gasteiger partial charge in [-0.2, -0.15) is 0 Å². The Hall–Kier alpha value is -3.61. The van der Waals surface area contributed by atoms with E-state index >= 15 is 0 Å². The molecule has 8 nitrogen and oxygen atoms in total. The van der Waals surface area contributed by atoms with Crippen molar-refractivity contribution in [3.05, 3.63) is 144 Å². The summed E-state index contributed by atoms with van der Waals surface area (Å²) in [5, 5.41) is 0. The molecule has 202 valence electrons. The average molecular weight is 701 g/mol. The first-order valence-electron chi connectivity index (χ1n) is 11.5. The Balaban J connectivity index is 0.000000381. The summed E-state index contributed by atoms with van der Waals surface area (Å²) in [7, 11) is 0. The Morgan fingerprint density at radius 1 is 0.350 bits per heavy atom. The molecule has 4 aromatic rings.